The van der Waals surface area contributed by atoms with Crippen LogP contribution in [0.5, 0.6) is 5.75 Å². The molecule has 1 aliphatic heterocycles. The van der Waals surface area contributed by atoms with E-state index in [0.717, 1.165) is 25.2 Å². The molecule has 0 saturated carbocycles. The van der Waals surface area contributed by atoms with Crippen molar-refractivity contribution in [1.29, 1.82) is 0 Å². The summed E-state index contributed by atoms with van der Waals surface area (Å²) < 4.78 is 11.0. The topological polar surface area (TPSA) is 35.5 Å². The fraction of sp³-hybridized carbons (Fsp3) is 0.500. The molecule has 3 heteroatoms. The van der Waals surface area contributed by atoms with Crippen molar-refractivity contribution in [1.82, 2.24) is 0 Å². The average molecular weight is 234 g/mol. The third-order valence-corrected chi connectivity index (χ3v) is 3.01. The van der Waals surface area contributed by atoms with Crippen LogP contribution in [-0.2, 0) is 4.74 Å². The van der Waals surface area contributed by atoms with Crippen LogP contribution >= 0.6 is 0 Å². The number of ether oxygens (including phenoxy) is 2. The van der Waals surface area contributed by atoms with Crippen LogP contribution in [0.15, 0.2) is 18.2 Å². The lowest BCUT2D eigenvalue weighted by atomic mass is 10.1. The molecule has 1 heterocycles. The maximum Gasteiger partial charge on any atom is 0.163 e. The van der Waals surface area contributed by atoms with Crippen molar-refractivity contribution in [2.24, 2.45) is 5.92 Å². The standard InChI is InChI=1S/C14H18O3/c1-10-3-4-14(13(7-10)11(2)15)17-9-12-5-6-16-8-12/h3-4,7,12H,5-6,8-9H2,1-2H3. The molecule has 1 unspecified atom stereocenters. The average Bonchev–Trinajstić information content (AvgIpc) is 2.80. The number of carbonyl (C=O) groups is 1. The number of rotatable bonds is 4. The summed E-state index contributed by atoms with van der Waals surface area (Å²) in [5.74, 6) is 1.19. The predicted octanol–water partition coefficient (Wildman–Crippen LogP) is 2.61. The van der Waals surface area contributed by atoms with Gasteiger partial charge in [-0.25, -0.2) is 0 Å². The summed E-state index contributed by atoms with van der Waals surface area (Å²) in [6.07, 6.45) is 1.04. The van der Waals surface area contributed by atoms with Gasteiger partial charge in [-0.15, -0.1) is 0 Å². The molecular weight excluding hydrogens is 216 g/mol. The molecule has 1 atom stereocenters. The van der Waals surface area contributed by atoms with Crippen molar-refractivity contribution in [3.63, 3.8) is 0 Å². The summed E-state index contributed by atoms with van der Waals surface area (Å²) in [5.41, 5.74) is 1.75. The van der Waals surface area contributed by atoms with E-state index in [-0.39, 0.29) is 5.78 Å². The van der Waals surface area contributed by atoms with Crippen LogP contribution in [0.3, 0.4) is 0 Å². The third-order valence-electron chi connectivity index (χ3n) is 3.01. The molecule has 0 N–H and O–H groups in total. The summed E-state index contributed by atoms with van der Waals surface area (Å²) in [4.78, 5) is 11.5. The van der Waals surface area contributed by atoms with E-state index >= 15 is 0 Å². The molecule has 0 bridgehead atoms. The van der Waals surface area contributed by atoms with Crippen LogP contribution in [0.4, 0.5) is 0 Å². The molecule has 17 heavy (non-hydrogen) atoms. The highest BCUT2D eigenvalue weighted by Gasteiger charge is 2.17. The summed E-state index contributed by atoms with van der Waals surface area (Å²) in [5, 5.41) is 0. The van der Waals surface area contributed by atoms with Gasteiger partial charge in [-0.1, -0.05) is 11.6 Å². The molecule has 3 nitrogen and oxygen atoms in total. The van der Waals surface area contributed by atoms with Gasteiger partial charge in [-0.3, -0.25) is 4.79 Å². The zero-order chi connectivity index (χ0) is 12.3. The van der Waals surface area contributed by atoms with Crippen LogP contribution in [0.2, 0.25) is 0 Å². The summed E-state index contributed by atoms with van der Waals surface area (Å²) in [6.45, 7) is 5.76. The first-order valence-corrected chi connectivity index (χ1v) is 5.99. The van der Waals surface area contributed by atoms with Gasteiger partial charge in [0.05, 0.1) is 18.8 Å². The third kappa shape index (κ3) is 3.07. The molecule has 0 radical (unpaired) electrons. The Morgan fingerprint density at radius 2 is 2.35 bits per heavy atom. The molecule has 0 spiro atoms. The van der Waals surface area contributed by atoms with E-state index in [4.69, 9.17) is 9.47 Å². The Balaban J connectivity index is 2.06. The summed E-state index contributed by atoms with van der Waals surface area (Å²) >= 11 is 0. The first-order valence-electron chi connectivity index (χ1n) is 5.99. The van der Waals surface area contributed by atoms with Crippen molar-refractivity contribution in [2.45, 2.75) is 20.3 Å². The van der Waals surface area contributed by atoms with E-state index in [9.17, 15) is 4.79 Å². The zero-order valence-electron chi connectivity index (χ0n) is 10.4. The van der Waals surface area contributed by atoms with Crippen molar-refractivity contribution in [3.05, 3.63) is 29.3 Å². The summed E-state index contributed by atoms with van der Waals surface area (Å²) in [6, 6.07) is 5.72. The van der Waals surface area contributed by atoms with Gasteiger partial charge < -0.3 is 9.47 Å². The van der Waals surface area contributed by atoms with Crippen molar-refractivity contribution >= 4 is 5.78 Å². The predicted molar refractivity (Wildman–Crippen MR) is 65.6 cm³/mol. The molecule has 1 saturated heterocycles. The first-order chi connectivity index (χ1) is 8.16. The maximum atomic E-state index is 11.5. The lowest BCUT2D eigenvalue weighted by Crippen LogP contribution is -2.13. The molecule has 1 aromatic carbocycles. The van der Waals surface area contributed by atoms with Gasteiger partial charge in [-0.2, -0.15) is 0 Å². The number of benzene rings is 1. The van der Waals surface area contributed by atoms with Gasteiger partial charge in [-0.05, 0) is 32.4 Å². The minimum absolute atomic E-state index is 0.0476. The fourth-order valence-corrected chi connectivity index (χ4v) is 1.97. The van der Waals surface area contributed by atoms with Crippen LogP contribution in [0.1, 0.15) is 29.3 Å². The Bertz CT molecular complexity index is 406. The molecule has 0 amide bonds. The minimum atomic E-state index is 0.0476. The Labute approximate surface area is 102 Å². The van der Waals surface area contributed by atoms with E-state index < -0.39 is 0 Å². The molecule has 92 valence electrons. The second-order valence-electron chi connectivity index (χ2n) is 4.60. The lowest BCUT2D eigenvalue weighted by molar-refractivity contribution is 0.101. The van der Waals surface area contributed by atoms with Gasteiger partial charge in [0.25, 0.3) is 0 Å². The second kappa shape index (κ2) is 5.32. The van der Waals surface area contributed by atoms with Crippen LogP contribution < -0.4 is 4.74 Å². The van der Waals surface area contributed by atoms with Gasteiger partial charge in [0.1, 0.15) is 5.75 Å². The number of Topliss-reactive ketones (excluding diaryl/α,β-unsaturated/α-hetero) is 1. The van der Waals surface area contributed by atoms with E-state index in [2.05, 4.69) is 0 Å². The van der Waals surface area contributed by atoms with Crippen LogP contribution in [0.25, 0.3) is 0 Å². The Morgan fingerprint density at radius 1 is 1.53 bits per heavy atom. The van der Waals surface area contributed by atoms with E-state index in [0.29, 0.717) is 23.8 Å². The van der Waals surface area contributed by atoms with Gasteiger partial charge in [0.2, 0.25) is 0 Å². The zero-order valence-corrected chi connectivity index (χ0v) is 10.4. The van der Waals surface area contributed by atoms with E-state index in [1.807, 2.05) is 25.1 Å². The molecule has 2 rings (SSSR count). The molecule has 0 aromatic heterocycles. The van der Waals surface area contributed by atoms with E-state index in [1.54, 1.807) is 6.92 Å². The fourth-order valence-electron chi connectivity index (χ4n) is 1.97. The first kappa shape index (κ1) is 12.1. The van der Waals surface area contributed by atoms with Gasteiger partial charge >= 0.3 is 0 Å². The van der Waals surface area contributed by atoms with Crippen molar-refractivity contribution in [3.8, 4) is 5.75 Å². The molecular formula is C14H18O3. The lowest BCUT2D eigenvalue weighted by Gasteiger charge is -2.13. The SMILES string of the molecule is CC(=O)c1cc(C)ccc1OCC1CCOC1. The number of hydrogen-bond acceptors (Lipinski definition) is 3. The number of hydrogen-bond donors (Lipinski definition) is 0. The summed E-state index contributed by atoms with van der Waals surface area (Å²) in [7, 11) is 0. The normalized spacial score (nSPS) is 19.3. The number of aryl methyl sites for hydroxylation is 1. The van der Waals surface area contributed by atoms with Gasteiger partial charge in [0.15, 0.2) is 5.78 Å². The smallest absolute Gasteiger partial charge is 0.163 e. The minimum Gasteiger partial charge on any atom is -0.492 e. The number of carbonyl (C=O) groups excluding carboxylic acids is 1. The molecule has 1 aromatic rings. The van der Waals surface area contributed by atoms with Gasteiger partial charge in [0, 0.05) is 12.5 Å². The Hall–Kier alpha value is -1.35. The maximum absolute atomic E-state index is 11.5. The number of ketones is 1. The Kier molecular flexibility index (Phi) is 3.79. The van der Waals surface area contributed by atoms with Crippen molar-refractivity contribution in [2.75, 3.05) is 19.8 Å². The second-order valence-corrected chi connectivity index (χ2v) is 4.60. The highest BCUT2D eigenvalue weighted by atomic mass is 16.5. The van der Waals surface area contributed by atoms with Crippen molar-refractivity contribution < 1.29 is 14.3 Å². The van der Waals surface area contributed by atoms with E-state index in [1.165, 1.54) is 0 Å². The van der Waals surface area contributed by atoms with Crippen LogP contribution in [-0.4, -0.2) is 25.6 Å². The van der Waals surface area contributed by atoms with Crippen LogP contribution in [0, 0.1) is 12.8 Å². The largest absolute Gasteiger partial charge is 0.492 e. The quantitative estimate of drug-likeness (QED) is 0.751. The Morgan fingerprint density at radius 3 is 3.00 bits per heavy atom. The molecule has 0 aliphatic carbocycles. The monoisotopic (exact) mass is 234 g/mol. The highest BCUT2D eigenvalue weighted by molar-refractivity contribution is 5.97. The highest BCUT2D eigenvalue weighted by Crippen LogP contribution is 2.22. The molecule has 1 aliphatic rings. The molecule has 1 fully saturated rings.